The first-order chi connectivity index (χ1) is 9.06. The Balaban J connectivity index is 1.88. The summed E-state index contributed by atoms with van der Waals surface area (Å²) in [6.07, 6.45) is 3.62. The molecule has 1 heterocycles. The number of carbonyl (C=O) groups is 2. The highest BCUT2D eigenvalue weighted by Gasteiger charge is 2.30. The largest absolute Gasteiger partial charge is 0.372 e. The molecule has 3 rings (SSSR count). The summed E-state index contributed by atoms with van der Waals surface area (Å²) in [5.74, 6) is -1.19. The summed E-state index contributed by atoms with van der Waals surface area (Å²) in [6, 6.07) is 2.70. The molecule has 1 aromatic carbocycles. The zero-order chi connectivity index (χ0) is 13.6. The maximum Gasteiger partial charge on any atom is 0.296 e. The van der Waals surface area contributed by atoms with Crippen LogP contribution in [0.1, 0.15) is 29.6 Å². The molecule has 0 spiro atoms. The van der Waals surface area contributed by atoms with E-state index in [2.05, 4.69) is 5.32 Å². The van der Waals surface area contributed by atoms with Gasteiger partial charge < -0.3 is 10.2 Å². The van der Waals surface area contributed by atoms with Crippen molar-refractivity contribution in [2.75, 3.05) is 23.8 Å². The van der Waals surface area contributed by atoms with E-state index in [1.165, 1.54) is 19.3 Å². The van der Waals surface area contributed by atoms with Gasteiger partial charge in [0.25, 0.3) is 11.7 Å². The fourth-order valence-corrected chi connectivity index (χ4v) is 2.61. The highest BCUT2D eigenvalue weighted by atomic mass is 19.1. The molecule has 1 saturated carbocycles. The summed E-state index contributed by atoms with van der Waals surface area (Å²) in [7, 11) is 1.84. The number of nitrogens with one attached hydrogen (secondary N) is 1. The van der Waals surface area contributed by atoms with E-state index in [0.717, 1.165) is 12.6 Å². The lowest BCUT2D eigenvalue weighted by Gasteiger charge is -2.31. The van der Waals surface area contributed by atoms with E-state index in [1.54, 1.807) is 6.07 Å². The van der Waals surface area contributed by atoms with Crippen LogP contribution >= 0.6 is 0 Å². The number of nitrogens with zero attached hydrogens (tertiary/aromatic N) is 1. The van der Waals surface area contributed by atoms with Gasteiger partial charge in [0, 0.05) is 13.6 Å². The second-order valence-corrected chi connectivity index (χ2v) is 5.31. The van der Waals surface area contributed by atoms with Gasteiger partial charge >= 0.3 is 0 Å². The predicted octanol–water partition coefficient (Wildman–Crippen LogP) is 2.20. The van der Waals surface area contributed by atoms with Crippen molar-refractivity contribution in [2.24, 2.45) is 5.92 Å². The number of rotatable bonds is 3. The van der Waals surface area contributed by atoms with Crippen LogP contribution in [0, 0.1) is 11.7 Å². The van der Waals surface area contributed by atoms with Crippen molar-refractivity contribution in [3.63, 3.8) is 0 Å². The number of halogens is 1. The average molecular weight is 262 g/mol. The SMILES string of the molecule is CN(CC1CCC1)c1cc2c(cc1F)C(=O)C(=O)N2. The summed E-state index contributed by atoms with van der Waals surface area (Å²) >= 11 is 0. The standard InChI is InChI=1S/C14H15FN2O2/c1-17(7-8-3-2-4-8)12-6-11-9(5-10(12)15)13(18)14(19)16-11/h5-6,8H,2-4,7H2,1H3,(H,16,18,19). The Hall–Kier alpha value is -1.91. The van der Waals surface area contributed by atoms with Crippen LogP contribution in [0.3, 0.4) is 0 Å². The third-order valence-corrected chi connectivity index (χ3v) is 3.95. The van der Waals surface area contributed by atoms with E-state index >= 15 is 0 Å². The molecule has 1 aliphatic heterocycles. The molecule has 1 aliphatic carbocycles. The molecular weight excluding hydrogens is 247 g/mol. The van der Waals surface area contributed by atoms with Crippen molar-refractivity contribution in [2.45, 2.75) is 19.3 Å². The van der Waals surface area contributed by atoms with E-state index in [1.807, 2.05) is 11.9 Å². The van der Waals surface area contributed by atoms with Gasteiger partial charge in [-0.3, -0.25) is 9.59 Å². The molecular formula is C14H15FN2O2. The second kappa shape index (κ2) is 4.33. The Morgan fingerprint density at radius 3 is 2.74 bits per heavy atom. The van der Waals surface area contributed by atoms with E-state index in [-0.39, 0.29) is 5.56 Å². The first kappa shape index (κ1) is 12.1. The lowest BCUT2D eigenvalue weighted by molar-refractivity contribution is -0.112. The monoisotopic (exact) mass is 262 g/mol. The summed E-state index contributed by atoms with van der Waals surface area (Å²) in [5, 5.41) is 2.47. The van der Waals surface area contributed by atoms with E-state index in [0.29, 0.717) is 17.3 Å². The van der Waals surface area contributed by atoms with Crippen molar-refractivity contribution >= 4 is 23.1 Å². The fourth-order valence-electron chi connectivity index (χ4n) is 2.61. The third kappa shape index (κ3) is 1.99. The molecule has 0 atom stereocenters. The van der Waals surface area contributed by atoms with E-state index in [4.69, 9.17) is 0 Å². The number of carbonyl (C=O) groups excluding carboxylic acids is 2. The average Bonchev–Trinajstić information content (AvgIpc) is 2.59. The molecule has 1 N–H and O–H groups in total. The summed E-state index contributed by atoms with van der Waals surface area (Å²) in [6.45, 7) is 0.803. The molecule has 2 aliphatic rings. The normalized spacial score (nSPS) is 18.0. The van der Waals surface area contributed by atoms with Crippen LogP contribution < -0.4 is 10.2 Å². The highest BCUT2D eigenvalue weighted by molar-refractivity contribution is 6.51. The molecule has 0 saturated heterocycles. The number of amides is 1. The maximum atomic E-state index is 14.0. The van der Waals surface area contributed by atoms with Crippen molar-refractivity contribution in [3.8, 4) is 0 Å². The van der Waals surface area contributed by atoms with Crippen LogP contribution in [-0.4, -0.2) is 25.3 Å². The quantitative estimate of drug-likeness (QED) is 0.849. The number of ketones is 1. The number of anilines is 2. The number of fused-ring (bicyclic) bond motifs is 1. The summed E-state index contributed by atoms with van der Waals surface area (Å²) < 4.78 is 14.0. The first-order valence-corrected chi connectivity index (χ1v) is 6.46. The predicted molar refractivity (Wildman–Crippen MR) is 70.0 cm³/mol. The van der Waals surface area contributed by atoms with Crippen LogP contribution in [0.2, 0.25) is 0 Å². The zero-order valence-electron chi connectivity index (χ0n) is 10.7. The van der Waals surface area contributed by atoms with Gasteiger partial charge in [-0.1, -0.05) is 6.42 Å². The van der Waals surface area contributed by atoms with Crippen molar-refractivity contribution in [1.82, 2.24) is 0 Å². The molecule has 19 heavy (non-hydrogen) atoms. The van der Waals surface area contributed by atoms with Crippen molar-refractivity contribution < 1.29 is 14.0 Å². The molecule has 0 aromatic heterocycles. The fraction of sp³-hybridized carbons (Fsp3) is 0.429. The minimum absolute atomic E-state index is 0.128. The van der Waals surface area contributed by atoms with Gasteiger partial charge in [-0.2, -0.15) is 0 Å². The van der Waals surface area contributed by atoms with Crippen LogP contribution in [0.15, 0.2) is 12.1 Å². The number of benzene rings is 1. The number of hydrogen-bond acceptors (Lipinski definition) is 3. The molecule has 1 amide bonds. The molecule has 0 bridgehead atoms. The molecule has 100 valence electrons. The van der Waals surface area contributed by atoms with Gasteiger partial charge in [0.15, 0.2) is 0 Å². The molecule has 1 fully saturated rings. The molecule has 1 aromatic rings. The minimum atomic E-state index is -0.687. The number of Topliss-reactive ketones (excluding diaryl/α,β-unsaturated/α-hetero) is 1. The van der Waals surface area contributed by atoms with E-state index < -0.39 is 17.5 Å². The van der Waals surface area contributed by atoms with Gasteiger partial charge in [-0.05, 0) is 30.9 Å². The topological polar surface area (TPSA) is 49.4 Å². The van der Waals surface area contributed by atoms with Gasteiger partial charge in [0.2, 0.25) is 0 Å². The second-order valence-electron chi connectivity index (χ2n) is 5.31. The van der Waals surface area contributed by atoms with Crippen molar-refractivity contribution in [3.05, 3.63) is 23.5 Å². The molecule has 0 unspecified atom stereocenters. The third-order valence-electron chi connectivity index (χ3n) is 3.95. The Labute approximate surface area is 110 Å². The van der Waals surface area contributed by atoms with E-state index in [9.17, 15) is 14.0 Å². The molecule has 4 nitrogen and oxygen atoms in total. The summed E-state index contributed by atoms with van der Waals surface area (Å²) in [5.41, 5.74) is 0.968. The Kier molecular flexibility index (Phi) is 2.77. The highest BCUT2D eigenvalue weighted by Crippen LogP contribution is 2.33. The Bertz CT molecular complexity index is 567. The van der Waals surface area contributed by atoms with Gasteiger partial charge in [0.1, 0.15) is 5.82 Å². The molecule has 5 heteroatoms. The minimum Gasteiger partial charge on any atom is -0.372 e. The van der Waals surface area contributed by atoms with Crippen LogP contribution in [-0.2, 0) is 4.79 Å². The Morgan fingerprint density at radius 1 is 1.37 bits per heavy atom. The van der Waals surface area contributed by atoms with Gasteiger partial charge in [-0.25, -0.2) is 4.39 Å². The number of hydrogen-bond donors (Lipinski definition) is 1. The lowest BCUT2D eigenvalue weighted by Crippen LogP contribution is -2.29. The van der Waals surface area contributed by atoms with Crippen LogP contribution in [0.4, 0.5) is 15.8 Å². The van der Waals surface area contributed by atoms with Crippen LogP contribution in [0.5, 0.6) is 0 Å². The van der Waals surface area contributed by atoms with Gasteiger partial charge in [-0.15, -0.1) is 0 Å². The van der Waals surface area contributed by atoms with Crippen LogP contribution in [0.25, 0.3) is 0 Å². The summed E-state index contributed by atoms with van der Waals surface area (Å²) in [4.78, 5) is 24.6. The Morgan fingerprint density at radius 2 is 2.11 bits per heavy atom. The van der Waals surface area contributed by atoms with Gasteiger partial charge in [0.05, 0.1) is 16.9 Å². The van der Waals surface area contributed by atoms with Crippen molar-refractivity contribution in [1.29, 1.82) is 0 Å². The lowest BCUT2D eigenvalue weighted by atomic mass is 9.85. The maximum absolute atomic E-state index is 14.0. The zero-order valence-corrected chi connectivity index (χ0v) is 10.7. The molecule has 0 radical (unpaired) electrons. The smallest absolute Gasteiger partial charge is 0.296 e. The first-order valence-electron chi connectivity index (χ1n) is 6.46.